The molecule has 32 heavy (non-hydrogen) atoms. The number of ether oxygens (including phenoxy) is 1. The summed E-state index contributed by atoms with van der Waals surface area (Å²) in [4.78, 5) is 30.8. The van der Waals surface area contributed by atoms with Crippen LogP contribution in [0.15, 0.2) is 54.2 Å². The van der Waals surface area contributed by atoms with Gasteiger partial charge in [0.2, 0.25) is 0 Å². The van der Waals surface area contributed by atoms with Crippen molar-refractivity contribution in [2.75, 3.05) is 24.6 Å². The van der Waals surface area contributed by atoms with Crippen LogP contribution in [0.25, 0.3) is 5.57 Å². The number of carbonyl (C=O) groups is 2. The Morgan fingerprint density at radius 2 is 1.62 bits per heavy atom. The van der Waals surface area contributed by atoms with E-state index >= 15 is 0 Å². The molecule has 2 aromatic rings. The Labute approximate surface area is 190 Å². The Morgan fingerprint density at radius 1 is 0.969 bits per heavy atom. The molecular weight excluding hydrogens is 400 g/mol. The fraction of sp³-hybridized carbons (Fsp3) is 0.407. The van der Waals surface area contributed by atoms with Gasteiger partial charge < -0.3 is 9.64 Å². The number of imide groups is 1. The summed E-state index contributed by atoms with van der Waals surface area (Å²) >= 11 is 0. The van der Waals surface area contributed by atoms with Gasteiger partial charge in [0.25, 0.3) is 11.8 Å². The summed E-state index contributed by atoms with van der Waals surface area (Å²) in [7, 11) is 0. The molecule has 1 saturated heterocycles. The molecule has 168 valence electrons. The number of anilines is 1. The molecular formula is C27H32N2O3. The molecule has 2 heterocycles. The summed E-state index contributed by atoms with van der Waals surface area (Å²) in [6.07, 6.45) is 2.04. The SMILES string of the molecule is Cc1ccccc1N1C(=O)C(c2ccc(OCC(C)C)cc2)=C(N2CCC(C)CC2)C1=O. The van der Waals surface area contributed by atoms with Gasteiger partial charge in [0.05, 0.1) is 17.9 Å². The van der Waals surface area contributed by atoms with Crippen LogP contribution in [0.4, 0.5) is 5.69 Å². The second-order valence-electron chi connectivity index (χ2n) is 9.35. The van der Waals surface area contributed by atoms with Crippen molar-refractivity contribution in [3.8, 4) is 5.75 Å². The Bertz CT molecular complexity index is 1030. The lowest BCUT2D eigenvalue weighted by molar-refractivity contribution is -0.120. The van der Waals surface area contributed by atoms with Crippen molar-refractivity contribution in [3.63, 3.8) is 0 Å². The Balaban J connectivity index is 1.73. The average Bonchev–Trinajstić information content (AvgIpc) is 3.04. The summed E-state index contributed by atoms with van der Waals surface area (Å²) in [5.41, 5.74) is 3.32. The predicted octanol–water partition coefficient (Wildman–Crippen LogP) is 5.05. The van der Waals surface area contributed by atoms with Crippen molar-refractivity contribution < 1.29 is 14.3 Å². The molecule has 1 fully saturated rings. The smallest absolute Gasteiger partial charge is 0.282 e. The fourth-order valence-corrected chi connectivity index (χ4v) is 4.32. The van der Waals surface area contributed by atoms with Gasteiger partial charge in [-0.3, -0.25) is 9.59 Å². The molecule has 2 aromatic carbocycles. The number of carbonyl (C=O) groups excluding carboxylic acids is 2. The van der Waals surface area contributed by atoms with Crippen LogP contribution in [0.1, 0.15) is 44.7 Å². The summed E-state index contributed by atoms with van der Waals surface area (Å²) in [6.45, 7) is 10.6. The predicted molar refractivity (Wildman–Crippen MR) is 127 cm³/mol. The van der Waals surface area contributed by atoms with Gasteiger partial charge in [-0.1, -0.05) is 51.1 Å². The summed E-state index contributed by atoms with van der Waals surface area (Å²) in [5.74, 6) is 1.35. The van der Waals surface area contributed by atoms with E-state index in [-0.39, 0.29) is 11.8 Å². The third-order valence-electron chi connectivity index (χ3n) is 6.24. The number of likely N-dealkylation sites (tertiary alicyclic amines) is 1. The molecule has 0 spiro atoms. The maximum Gasteiger partial charge on any atom is 0.282 e. The molecule has 0 saturated carbocycles. The number of rotatable bonds is 6. The number of benzene rings is 2. The number of hydrogen-bond donors (Lipinski definition) is 0. The molecule has 2 amide bonds. The molecule has 2 aliphatic rings. The summed E-state index contributed by atoms with van der Waals surface area (Å²) < 4.78 is 5.81. The van der Waals surface area contributed by atoms with E-state index in [0.717, 1.165) is 42.8 Å². The number of hydrogen-bond acceptors (Lipinski definition) is 4. The van der Waals surface area contributed by atoms with E-state index in [1.165, 1.54) is 4.90 Å². The molecule has 0 radical (unpaired) electrons. The van der Waals surface area contributed by atoms with Crippen molar-refractivity contribution in [2.24, 2.45) is 11.8 Å². The van der Waals surface area contributed by atoms with Gasteiger partial charge in [0.15, 0.2) is 0 Å². The zero-order valence-electron chi connectivity index (χ0n) is 19.4. The molecule has 4 rings (SSSR count). The van der Waals surface area contributed by atoms with Gasteiger partial charge in [0, 0.05) is 13.1 Å². The van der Waals surface area contributed by atoms with Gasteiger partial charge in [-0.05, 0) is 60.9 Å². The number of para-hydroxylation sites is 1. The van der Waals surface area contributed by atoms with Crippen LogP contribution in [0.2, 0.25) is 0 Å². The highest BCUT2D eigenvalue weighted by Crippen LogP contribution is 2.37. The topological polar surface area (TPSA) is 49.9 Å². The molecule has 0 unspecified atom stereocenters. The van der Waals surface area contributed by atoms with Crippen molar-refractivity contribution in [1.82, 2.24) is 4.90 Å². The minimum Gasteiger partial charge on any atom is -0.493 e. The molecule has 2 aliphatic heterocycles. The quantitative estimate of drug-likeness (QED) is 0.600. The zero-order chi connectivity index (χ0) is 22.8. The van der Waals surface area contributed by atoms with Crippen LogP contribution in [0, 0.1) is 18.8 Å². The van der Waals surface area contributed by atoms with Crippen LogP contribution in [0.3, 0.4) is 0 Å². The Kier molecular flexibility index (Phi) is 6.35. The van der Waals surface area contributed by atoms with Crippen LogP contribution >= 0.6 is 0 Å². The highest BCUT2D eigenvalue weighted by Gasteiger charge is 2.43. The first kappa shape index (κ1) is 22.1. The number of nitrogens with zero attached hydrogens (tertiary/aromatic N) is 2. The van der Waals surface area contributed by atoms with Crippen LogP contribution in [0.5, 0.6) is 5.75 Å². The van der Waals surface area contributed by atoms with Gasteiger partial charge >= 0.3 is 0 Å². The van der Waals surface area contributed by atoms with E-state index < -0.39 is 0 Å². The molecule has 5 nitrogen and oxygen atoms in total. The molecule has 0 bridgehead atoms. The van der Waals surface area contributed by atoms with E-state index in [9.17, 15) is 9.59 Å². The fourth-order valence-electron chi connectivity index (χ4n) is 4.32. The van der Waals surface area contributed by atoms with E-state index in [1.54, 1.807) is 0 Å². The van der Waals surface area contributed by atoms with Crippen LogP contribution in [-0.4, -0.2) is 36.4 Å². The first-order chi connectivity index (χ1) is 15.4. The van der Waals surface area contributed by atoms with Crippen LogP contribution < -0.4 is 9.64 Å². The number of piperidine rings is 1. The van der Waals surface area contributed by atoms with E-state index in [4.69, 9.17) is 4.74 Å². The van der Waals surface area contributed by atoms with Crippen molar-refractivity contribution >= 4 is 23.1 Å². The number of aryl methyl sites for hydroxylation is 1. The first-order valence-electron chi connectivity index (χ1n) is 11.5. The van der Waals surface area contributed by atoms with Crippen molar-refractivity contribution in [2.45, 2.75) is 40.5 Å². The minimum absolute atomic E-state index is 0.228. The lowest BCUT2D eigenvalue weighted by Crippen LogP contribution is -2.38. The molecule has 0 atom stereocenters. The van der Waals surface area contributed by atoms with Gasteiger partial charge in [-0.25, -0.2) is 4.90 Å². The first-order valence-corrected chi connectivity index (χ1v) is 11.5. The van der Waals surface area contributed by atoms with Gasteiger partial charge in [-0.2, -0.15) is 0 Å². The highest BCUT2D eigenvalue weighted by atomic mass is 16.5. The van der Waals surface area contributed by atoms with E-state index in [0.29, 0.717) is 35.4 Å². The highest BCUT2D eigenvalue weighted by molar-refractivity contribution is 6.45. The largest absolute Gasteiger partial charge is 0.493 e. The monoisotopic (exact) mass is 432 g/mol. The second kappa shape index (κ2) is 9.19. The Hall–Kier alpha value is -3.08. The third-order valence-corrected chi connectivity index (χ3v) is 6.24. The molecule has 5 heteroatoms. The maximum atomic E-state index is 13.7. The second-order valence-corrected chi connectivity index (χ2v) is 9.35. The normalized spacial score (nSPS) is 17.7. The third kappa shape index (κ3) is 4.29. The molecule has 0 N–H and O–H groups in total. The van der Waals surface area contributed by atoms with E-state index in [1.807, 2.05) is 55.5 Å². The molecule has 0 aliphatic carbocycles. The maximum absolute atomic E-state index is 13.7. The van der Waals surface area contributed by atoms with Crippen molar-refractivity contribution in [3.05, 3.63) is 65.4 Å². The van der Waals surface area contributed by atoms with E-state index in [2.05, 4.69) is 25.7 Å². The van der Waals surface area contributed by atoms with Gasteiger partial charge in [-0.15, -0.1) is 0 Å². The summed E-state index contributed by atoms with van der Waals surface area (Å²) in [6, 6.07) is 15.1. The molecule has 0 aromatic heterocycles. The van der Waals surface area contributed by atoms with Crippen molar-refractivity contribution in [1.29, 1.82) is 0 Å². The lowest BCUT2D eigenvalue weighted by atomic mass is 9.97. The minimum atomic E-state index is -0.256. The zero-order valence-corrected chi connectivity index (χ0v) is 19.4. The lowest BCUT2D eigenvalue weighted by Gasteiger charge is -2.32. The van der Waals surface area contributed by atoms with Gasteiger partial charge in [0.1, 0.15) is 11.4 Å². The average molecular weight is 433 g/mol. The van der Waals surface area contributed by atoms with Crippen LogP contribution in [-0.2, 0) is 9.59 Å². The number of amides is 2. The Morgan fingerprint density at radius 3 is 2.25 bits per heavy atom. The standard InChI is InChI=1S/C27H32N2O3/c1-18(2)17-32-22-11-9-21(10-12-22)24-25(28-15-13-19(3)14-16-28)27(31)29(26(24)30)23-8-6-5-7-20(23)4/h5-12,18-19H,13-17H2,1-4H3. The summed E-state index contributed by atoms with van der Waals surface area (Å²) in [5, 5.41) is 0.